The highest BCUT2D eigenvalue weighted by molar-refractivity contribution is 6.31. The third-order valence-corrected chi connectivity index (χ3v) is 3.52. The van der Waals surface area contributed by atoms with Crippen LogP contribution in [0, 0.1) is 0 Å². The van der Waals surface area contributed by atoms with Gasteiger partial charge in [-0.2, -0.15) is 0 Å². The molecule has 0 saturated carbocycles. The summed E-state index contributed by atoms with van der Waals surface area (Å²) >= 11 is 6.12. The first-order valence-electron chi connectivity index (χ1n) is 6.68. The predicted octanol–water partition coefficient (Wildman–Crippen LogP) is 3.65. The summed E-state index contributed by atoms with van der Waals surface area (Å²) in [5, 5.41) is 4.21. The molecule has 0 fully saturated rings. The van der Waals surface area contributed by atoms with Gasteiger partial charge in [-0.05, 0) is 43.1 Å². The molecule has 2 rings (SSSR count). The second-order valence-electron chi connectivity index (χ2n) is 4.76. The van der Waals surface area contributed by atoms with Crippen LogP contribution in [-0.2, 0) is 6.54 Å². The predicted molar refractivity (Wildman–Crippen MR) is 79.5 cm³/mol. The van der Waals surface area contributed by atoms with Crippen LogP contribution in [0.4, 0.5) is 0 Å². The molecule has 0 aliphatic carbocycles. The minimum Gasteiger partial charge on any atom is -0.350 e. The van der Waals surface area contributed by atoms with Crippen molar-refractivity contribution in [1.29, 1.82) is 0 Å². The molecule has 0 aromatic carbocycles. The van der Waals surface area contributed by atoms with Crippen LogP contribution >= 0.6 is 11.6 Å². The summed E-state index contributed by atoms with van der Waals surface area (Å²) in [6.45, 7) is 6.19. The minimum atomic E-state index is 0.383. The zero-order valence-corrected chi connectivity index (χ0v) is 12.2. The zero-order chi connectivity index (χ0) is 13.7. The SMILES string of the molecule is CCCNC(C)c1ccn(Cc2ccncc2Cl)c1. The fourth-order valence-corrected chi connectivity index (χ4v) is 2.20. The Morgan fingerprint density at radius 3 is 3.00 bits per heavy atom. The lowest BCUT2D eigenvalue weighted by Gasteiger charge is -2.11. The van der Waals surface area contributed by atoms with E-state index < -0.39 is 0 Å². The van der Waals surface area contributed by atoms with Gasteiger partial charge in [0, 0.05) is 37.4 Å². The highest BCUT2D eigenvalue weighted by Crippen LogP contribution is 2.17. The third-order valence-electron chi connectivity index (χ3n) is 3.18. The van der Waals surface area contributed by atoms with Crippen molar-refractivity contribution in [3.63, 3.8) is 0 Å². The van der Waals surface area contributed by atoms with Crippen LogP contribution < -0.4 is 5.32 Å². The van der Waals surface area contributed by atoms with Crippen molar-refractivity contribution in [3.05, 3.63) is 53.1 Å². The van der Waals surface area contributed by atoms with E-state index in [-0.39, 0.29) is 0 Å². The van der Waals surface area contributed by atoms with Gasteiger partial charge in [0.05, 0.1) is 5.02 Å². The molecule has 1 unspecified atom stereocenters. The molecule has 0 radical (unpaired) electrons. The summed E-state index contributed by atoms with van der Waals surface area (Å²) in [6.07, 6.45) is 8.88. The largest absolute Gasteiger partial charge is 0.350 e. The molecule has 0 bridgehead atoms. The maximum Gasteiger partial charge on any atom is 0.0639 e. The molecule has 1 N–H and O–H groups in total. The van der Waals surface area contributed by atoms with Crippen molar-refractivity contribution in [3.8, 4) is 0 Å². The first kappa shape index (κ1) is 14.1. The maximum absolute atomic E-state index is 6.12. The summed E-state index contributed by atoms with van der Waals surface area (Å²) in [6, 6.07) is 4.50. The van der Waals surface area contributed by atoms with Crippen molar-refractivity contribution in [2.45, 2.75) is 32.9 Å². The molecule has 0 aliphatic rings. The smallest absolute Gasteiger partial charge is 0.0639 e. The number of nitrogens with zero attached hydrogens (tertiary/aromatic N) is 2. The summed E-state index contributed by atoms with van der Waals surface area (Å²) in [7, 11) is 0. The van der Waals surface area contributed by atoms with Crippen LogP contribution in [0.3, 0.4) is 0 Å². The van der Waals surface area contributed by atoms with Gasteiger partial charge in [-0.1, -0.05) is 18.5 Å². The van der Waals surface area contributed by atoms with E-state index in [2.05, 4.69) is 47.2 Å². The summed E-state index contributed by atoms with van der Waals surface area (Å²) in [5.41, 5.74) is 2.40. The van der Waals surface area contributed by atoms with E-state index in [9.17, 15) is 0 Å². The van der Waals surface area contributed by atoms with E-state index in [0.717, 1.165) is 30.1 Å². The van der Waals surface area contributed by atoms with E-state index in [1.54, 1.807) is 12.4 Å². The molecule has 0 aliphatic heterocycles. The Balaban J connectivity index is 2.03. The molecule has 0 spiro atoms. The summed E-state index contributed by atoms with van der Waals surface area (Å²) < 4.78 is 2.15. The number of rotatable bonds is 6. The number of nitrogens with one attached hydrogen (secondary N) is 1. The van der Waals surface area contributed by atoms with Crippen molar-refractivity contribution < 1.29 is 0 Å². The van der Waals surface area contributed by atoms with Gasteiger partial charge in [-0.15, -0.1) is 0 Å². The van der Waals surface area contributed by atoms with E-state index in [0.29, 0.717) is 6.04 Å². The molecule has 1 atom stereocenters. The minimum absolute atomic E-state index is 0.383. The molecule has 2 heterocycles. The Morgan fingerprint density at radius 1 is 1.42 bits per heavy atom. The van der Waals surface area contributed by atoms with Gasteiger partial charge in [-0.25, -0.2) is 0 Å². The van der Waals surface area contributed by atoms with Crippen LogP contribution in [0.1, 0.15) is 37.4 Å². The van der Waals surface area contributed by atoms with Crippen molar-refractivity contribution in [1.82, 2.24) is 14.9 Å². The fraction of sp³-hybridized carbons (Fsp3) is 0.400. The quantitative estimate of drug-likeness (QED) is 0.874. The van der Waals surface area contributed by atoms with Gasteiger partial charge in [0.25, 0.3) is 0 Å². The molecule has 0 saturated heterocycles. The monoisotopic (exact) mass is 277 g/mol. The van der Waals surface area contributed by atoms with Gasteiger partial charge in [-0.3, -0.25) is 4.98 Å². The van der Waals surface area contributed by atoms with Crippen LogP contribution in [0.5, 0.6) is 0 Å². The standard InChI is InChI=1S/C15H20ClN3/c1-3-6-18-12(2)13-5-8-19(10-13)11-14-4-7-17-9-15(14)16/h4-5,7-10,12,18H,3,6,11H2,1-2H3. The van der Waals surface area contributed by atoms with E-state index >= 15 is 0 Å². The normalized spacial score (nSPS) is 12.6. The average molecular weight is 278 g/mol. The second-order valence-corrected chi connectivity index (χ2v) is 5.17. The Morgan fingerprint density at radius 2 is 2.26 bits per heavy atom. The number of hydrogen-bond acceptors (Lipinski definition) is 2. The maximum atomic E-state index is 6.12. The molecular formula is C15H20ClN3. The first-order valence-corrected chi connectivity index (χ1v) is 7.06. The van der Waals surface area contributed by atoms with E-state index in [1.807, 2.05) is 6.07 Å². The average Bonchev–Trinajstić information content (AvgIpc) is 2.87. The Labute approximate surface area is 119 Å². The Hall–Kier alpha value is -1.32. The molecule has 2 aromatic rings. The van der Waals surface area contributed by atoms with Crippen LogP contribution in [0.25, 0.3) is 0 Å². The van der Waals surface area contributed by atoms with Gasteiger partial charge in [0.2, 0.25) is 0 Å². The topological polar surface area (TPSA) is 29.9 Å². The lowest BCUT2D eigenvalue weighted by molar-refractivity contribution is 0.569. The highest BCUT2D eigenvalue weighted by atomic mass is 35.5. The molecule has 19 heavy (non-hydrogen) atoms. The second kappa shape index (κ2) is 6.73. The Kier molecular flexibility index (Phi) is 5.00. The summed E-state index contributed by atoms with van der Waals surface area (Å²) in [4.78, 5) is 4.00. The first-order chi connectivity index (χ1) is 9.20. The summed E-state index contributed by atoms with van der Waals surface area (Å²) in [5.74, 6) is 0. The lowest BCUT2D eigenvalue weighted by atomic mass is 10.2. The van der Waals surface area contributed by atoms with Gasteiger partial charge >= 0.3 is 0 Å². The van der Waals surface area contributed by atoms with Crippen LogP contribution in [0.2, 0.25) is 5.02 Å². The van der Waals surface area contributed by atoms with Gasteiger partial charge < -0.3 is 9.88 Å². The van der Waals surface area contributed by atoms with Crippen molar-refractivity contribution in [2.75, 3.05) is 6.54 Å². The van der Waals surface area contributed by atoms with Crippen molar-refractivity contribution in [2.24, 2.45) is 0 Å². The number of pyridine rings is 1. The highest BCUT2D eigenvalue weighted by Gasteiger charge is 2.07. The third kappa shape index (κ3) is 3.82. The van der Waals surface area contributed by atoms with Gasteiger partial charge in [0.15, 0.2) is 0 Å². The number of aromatic nitrogens is 2. The molecule has 4 heteroatoms. The van der Waals surface area contributed by atoms with E-state index in [1.165, 1.54) is 5.56 Å². The molecule has 102 valence electrons. The van der Waals surface area contributed by atoms with E-state index in [4.69, 9.17) is 11.6 Å². The Bertz CT molecular complexity index is 522. The molecule has 2 aromatic heterocycles. The van der Waals surface area contributed by atoms with Crippen LogP contribution in [-0.4, -0.2) is 16.1 Å². The lowest BCUT2D eigenvalue weighted by Crippen LogP contribution is -2.18. The van der Waals surface area contributed by atoms with Crippen LogP contribution in [0.15, 0.2) is 36.9 Å². The van der Waals surface area contributed by atoms with Gasteiger partial charge in [0.1, 0.15) is 0 Å². The fourth-order valence-electron chi connectivity index (χ4n) is 2.02. The zero-order valence-electron chi connectivity index (χ0n) is 11.4. The molecule has 0 amide bonds. The number of halogens is 1. The van der Waals surface area contributed by atoms with Crippen molar-refractivity contribution >= 4 is 11.6 Å². The molecular weight excluding hydrogens is 258 g/mol. The number of hydrogen-bond donors (Lipinski definition) is 1. The molecule has 3 nitrogen and oxygen atoms in total.